The van der Waals surface area contributed by atoms with Crippen LogP contribution in [0.4, 0.5) is 15.8 Å². The molecular formula is C13H13FN2O3. The Morgan fingerprint density at radius 2 is 1.89 bits per heavy atom. The van der Waals surface area contributed by atoms with Crippen LogP contribution in [0, 0.1) is 22.9 Å². The van der Waals surface area contributed by atoms with Crippen LogP contribution in [-0.2, 0) is 0 Å². The van der Waals surface area contributed by atoms with Crippen molar-refractivity contribution in [3.05, 3.63) is 64.0 Å². The average Bonchev–Trinajstić information content (AvgIpc) is 2.36. The van der Waals surface area contributed by atoms with Crippen molar-refractivity contribution in [2.75, 3.05) is 5.73 Å². The monoisotopic (exact) mass is 264 g/mol. The van der Waals surface area contributed by atoms with Crippen molar-refractivity contribution in [1.29, 1.82) is 0 Å². The van der Waals surface area contributed by atoms with Gasteiger partial charge in [-0.25, -0.2) is 0 Å². The number of aryl methyl sites for hydroxylation is 1. The summed E-state index contributed by atoms with van der Waals surface area (Å²) in [6.45, 7) is 1.67. The molecule has 2 rings (SSSR count). The minimum Gasteiger partial charge on any atom is -0.506 e. The number of hydrogen-bond acceptors (Lipinski definition) is 4. The molecule has 0 aliphatic carbocycles. The molecule has 0 amide bonds. The summed E-state index contributed by atoms with van der Waals surface area (Å²) in [5.74, 6) is -0.645. The molecule has 2 aromatic carbocycles. The summed E-state index contributed by atoms with van der Waals surface area (Å²) >= 11 is 0. The van der Waals surface area contributed by atoms with Crippen LogP contribution < -0.4 is 5.73 Å². The summed E-state index contributed by atoms with van der Waals surface area (Å²) in [5, 5.41) is 18.9. The average molecular weight is 264 g/mol. The van der Waals surface area contributed by atoms with E-state index in [0.29, 0.717) is 11.3 Å². The van der Waals surface area contributed by atoms with Crippen molar-refractivity contribution in [2.24, 2.45) is 0 Å². The molecule has 0 saturated heterocycles. The molecule has 0 spiro atoms. The van der Waals surface area contributed by atoms with Gasteiger partial charge in [0.1, 0.15) is 5.75 Å². The number of halogens is 1. The Morgan fingerprint density at radius 1 is 1.26 bits per heavy atom. The number of rotatable bonds is 1. The van der Waals surface area contributed by atoms with Gasteiger partial charge < -0.3 is 10.8 Å². The number of nitrogens with two attached hydrogens (primary N) is 1. The summed E-state index contributed by atoms with van der Waals surface area (Å²) in [4.78, 5) is 9.41. The van der Waals surface area contributed by atoms with Gasteiger partial charge in [-0.1, -0.05) is 18.2 Å². The quantitative estimate of drug-likeness (QED) is 0.358. The molecule has 100 valence electrons. The van der Waals surface area contributed by atoms with Crippen molar-refractivity contribution >= 4 is 11.4 Å². The Balaban J connectivity index is 0.000000200. The first kappa shape index (κ1) is 14.4. The Bertz CT molecular complexity index is 567. The number of nitro benzene ring substituents is 1. The van der Waals surface area contributed by atoms with Crippen LogP contribution in [0.1, 0.15) is 5.56 Å². The largest absolute Gasteiger partial charge is 0.506 e. The first-order valence-corrected chi connectivity index (χ1v) is 5.36. The zero-order valence-corrected chi connectivity index (χ0v) is 10.2. The highest BCUT2D eigenvalue weighted by Crippen LogP contribution is 2.17. The zero-order valence-electron chi connectivity index (χ0n) is 10.2. The number of hydrogen-bond donors (Lipinski definition) is 2. The zero-order chi connectivity index (χ0) is 14.4. The summed E-state index contributed by atoms with van der Waals surface area (Å²) in [6.07, 6.45) is 0. The Labute approximate surface area is 109 Å². The number of nitro groups is 1. The van der Waals surface area contributed by atoms with Gasteiger partial charge in [-0.15, -0.1) is 0 Å². The Kier molecular flexibility index (Phi) is 4.82. The molecule has 0 unspecified atom stereocenters. The minimum absolute atomic E-state index is 0.146. The van der Waals surface area contributed by atoms with E-state index >= 15 is 0 Å². The van der Waals surface area contributed by atoms with E-state index in [1.165, 1.54) is 12.1 Å². The van der Waals surface area contributed by atoms with Gasteiger partial charge in [0.25, 0.3) is 0 Å². The maximum atomic E-state index is 12.6. The van der Waals surface area contributed by atoms with Crippen LogP contribution >= 0.6 is 0 Å². The molecule has 0 aromatic heterocycles. The lowest BCUT2D eigenvalue weighted by atomic mass is 10.2. The fourth-order valence-electron chi connectivity index (χ4n) is 1.25. The van der Waals surface area contributed by atoms with E-state index in [0.717, 1.165) is 6.07 Å². The van der Waals surface area contributed by atoms with Crippen LogP contribution in [0.3, 0.4) is 0 Å². The Morgan fingerprint density at radius 3 is 2.32 bits per heavy atom. The van der Waals surface area contributed by atoms with Gasteiger partial charge in [-0.3, -0.25) is 10.1 Å². The fraction of sp³-hybridized carbons (Fsp3) is 0.0769. The van der Waals surface area contributed by atoms with E-state index in [9.17, 15) is 14.5 Å². The number of para-hydroxylation sites is 2. The normalized spacial score (nSPS) is 9.37. The van der Waals surface area contributed by atoms with E-state index in [1.807, 2.05) is 0 Å². The van der Waals surface area contributed by atoms with Crippen molar-refractivity contribution in [3.8, 4) is 5.75 Å². The molecule has 0 atom stereocenters. The third kappa shape index (κ3) is 4.27. The molecule has 0 aliphatic rings. The van der Waals surface area contributed by atoms with Crippen molar-refractivity contribution in [3.63, 3.8) is 0 Å². The molecule has 6 heteroatoms. The molecule has 19 heavy (non-hydrogen) atoms. The van der Waals surface area contributed by atoms with Gasteiger partial charge >= 0.3 is 5.69 Å². The second-order valence-corrected chi connectivity index (χ2v) is 3.77. The molecule has 0 heterocycles. The van der Waals surface area contributed by atoms with Gasteiger partial charge in [-0.2, -0.15) is 4.39 Å². The third-order valence-electron chi connectivity index (χ3n) is 2.24. The van der Waals surface area contributed by atoms with Gasteiger partial charge in [0.05, 0.1) is 10.6 Å². The molecule has 0 saturated carbocycles. The maximum absolute atomic E-state index is 12.6. The smallest absolute Gasteiger partial charge is 0.305 e. The topological polar surface area (TPSA) is 89.4 Å². The standard InChI is InChI=1S/C7H6FNO2.C6H7NO/c1-5-2-3-6(8)7(4-5)9(10)11;7-5-3-1-2-4-6(5)8/h2-4H,1H3;1-4,8H,7H2. The first-order valence-electron chi connectivity index (χ1n) is 5.36. The lowest BCUT2D eigenvalue weighted by molar-refractivity contribution is -0.387. The molecule has 0 aliphatic heterocycles. The second kappa shape index (κ2) is 6.34. The molecule has 0 bridgehead atoms. The molecule has 3 N–H and O–H groups in total. The van der Waals surface area contributed by atoms with E-state index in [-0.39, 0.29) is 5.75 Å². The van der Waals surface area contributed by atoms with Crippen LogP contribution in [0.2, 0.25) is 0 Å². The number of phenols is 1. The first-order chi connectivity index (χ1) is 8.91. The van der Waals surface area contributed by atoms with Gasteiger partial charge in [0, 0.05) is 6.07 Å². The molecule has 2 aromatic rings. The van der Waals surface area contributed by atoms with Crippen LogP contribution in [0.5, 0.6) is 5.75 Å². The molecule has 0 fully saturated rings. The fourth-order valence-corrected chi connectivity index (χ4v) is 1.25. The summed E-state index contributed by atoms with van der Waals surface area (Å²) < 4.78 is 12.6. The predicted octanol–water partition coefficient (Wildman–Crippen LogP) is 3.02. The highest BCUT2D eigenvalue weighted by atomic mass is 19.1. The number of benzene rings is 2. The van der Waals surface area contributed by atoms with Crippen molar-refractivity contribution in [1.82, 2.24) is 0 Å². The number of nitrogen functional groups attached to an aromatic ring is 1. The van der Waals surface area contributed by atoms with Crippen molar-refractivity contribution in [2.45, 2.75) is 6.92 Å². The van der Waals surface area contributed by atoms with E-state index < -0.39 is 16.4 Å². The highest BCUT2D eigenvalue weighted by Gasteiger charge is 2.12. The van der Waals surface area contributed by atoms with Crippen LogP contribution in [0.25, 0.3) is 0 Å². The van der Waals surface area contributed by atoms with E-state index in [2.05, 4.69) is 0 Å². The minimum atomic E-state index is -0.791. The van der Waals surface area contributed by atoms with E-state index in [1.54, 1.807) is 31.2 Å². The number of anilines is 1. The number of nitrogens with zero attached hydrogens (tertiary/aromatic N) is 1. The van der Waals surface area contributed by atoms with Gasteiger partial charge in [0.2, 0.25) is 5.82 Å². The highest BCUT2D eigenvalue weighted by molar-refractivity contribution is 5.50. The number of phenolic OH excluding ortho intramolecular Hbond substituents is 1. The number of aromatic hydroxyl groups is 1. The lowest BCUT2D eigenvalue weighted by Crippen LogP contribution is -1.92. The molecule has 0 radical (unpaired) electrons. The Hall–Kier alpha value is -2.63. The van der Waals surface area contributed by atoms with Crippen LogP contribution in [-0.4, -0.2) is 10.0 Å². The van der Waals surface area contributed by atoms with Gasteiger partial charge in [0.15, 0.2) is 0 Å². The lowest BCUT2D eigenvalue weighted by Gasteiger charge is -1.93. The summed E-state index contributed by atoms with van der Waals surface area (Å²) in [6, 6.07) is 10.5. The molecular weight excluding hydrogens is 251 g/mol. The SMILES string of the molecule is Cc1ccc(F)c([N+](=O)[O-])c1.Nc1ccccc1O. The summed E-state index contributed by atoms with van der Waals surface area (Å²) in [5.41, 5.74) is 5.90. The van der Waals surface area contributed by atoms with E-state index in [4.69, 9.17) is 10.8 Å². The maximum Gasteiger partial charge on any atom is 0.305 e. The molecule has 5 nitrogen and oxygen atoms in total. The predicted molar refractivity (Wildman–Crippen MR) is 70.3 cm³/mol. The van der Waals surface area contributed by atoms with Crippen molar-refractivity contribution < 1.29 is 14.4 Å². The third-order valence-corrected chi connectivity index (χ3v) is 2.24. The second-order valence-electron chi connectivity index (χ2n) is 3.77. The van der Waals surface area contributed by atoms with Gasteiger partial charge in [-0.05, 0) is 30.7 Å². The van der Waals surface area contributed by atoms with Crippen LogP contribution in [0.15, 0.2) is 42.5 Å². The summed E-state index contributed by atoms with van der Waals surface area (Å²) in [7, 11) is 0.